The molecule has 0 spiro atoms. The molecular formula is C25H30N2. The molecule has 1 aromatic rings. The number of nitrogens with zero attached hydrogens (tertiary/aromatic N) is 2. The molecule has 3 unspecified atom stereocenters. The van der Waals surface area contributed by atoms with Crippen molar-refractivity contribution in [2.45, 2.75) is 45.6 Å². The second-order valence-electron chi connectivity index (χ2n) is 7.22. The van der Waals surface area contributed by atoms with Crippen LogP contribution < -0.4 is 0 Å². The molecule has 1 aliphatic heterocycles. The Balaban J connectivity index is 2.10. The molecule has 140 valence electrons. The van der Waals surface area contributed by atoms with Crippen LogP contribution in [0, 0.1) is 5.92 Å². The first kappa shape index (κ1) is 19.2. The van der Waals surface area contributed by atoms with E-state index >= 15 is 0 Å². The molecule has 0 N–H and O–H groups in total. The van der Waals surface area contributed by atoms with Gasteiger partial charge in [0.1, 0.15) is 0 Å². The summed E-state index contributed by atoms with van der Waals surface area (Å²) in [6.07, 6.45) is 17.2. The maximum atomic E-state index is 5.14. The van der Waals surface area contributed by atoms with Crippen molar-refractivity contribution >= 4 is 5.71 Å². The van der Waals surface area contributed by atoms with Crippen LogP contribution >= 0.6 is 0 Å². The molecular weight excluding hydrogens is 328 g/mol. The number of hydrogen-bond acceptors (Lipinski definition) is 2. The van der Waals surface area contributed by atoms with E-state index in [1.165, 1.54) is 16.8 Å². The van der Waals surface area contributed by atoms with Crippen molar-refractivity contribution in [3.8, 4) is 0 Å². The normalized spacial score (nSPS) is 25.7. The summed E-state index contributed by atoms with van der Waals surface area (Å²) in [5.74, 6) is 0.723. The van der Waals surface area contributed by atoms with Crippen molar-refractivity contribution in [1.29, 1.82) is 0 Å². The van der Waals surface area contributed by atoms with Gasteiger partial charge in [-0.25, -0.2) is 0 Å². The van der Waals surface area contributed by atoms with Crippen LogP contribution in [0.3, 0.4) is 0 Å². The lowest BCUT2D eigenvalue weighted by Crippen LogP contribution is -2.30. The molecule has 3 rings (SSSR count). The lowest BCUT2D eigenvalue weighted by molar-refractivity contribution is 0.330. The molecule has 0 fully saturated rings. The van der Waals surface area contributed by atoms with E-state index in [9.17, 15) is 0 Å². The van der Waals surface area contributed by atoms with Gasteiger partial charge in [0.25, 0.3) is 0 Å². The van der Waals surface area contributed by atoms with Gasteiger partial charge in [0.15, 0.2) is 0 Å². The number of rotatable bonds is 6. The summed E-state index contributed by atoms with van der Waals surface area (Å²) in [4.78, 5) is 0. The summed E-state index contributed by atoms with van der Waals surface area (Å²) in [6.45, 7) is 10.7. The largest absolute Gasteiger partial charge is 0.258 e. The minimum atomic E-state index is 0.115. The number of benzene rings is 1. The lowest BCUT2D eigenvalue weighted by Gasteiger charge is -2.28. The molecule has 1 heterocycles. The highest BCUT2D eigenvalue weighted by molar-refractivity contribution is 6.06. The van der Waals surface area contributed by atoms with Gasteiger partial charge in [-0.1, -0.05) is 80.6 Å². The molecule has 0 aromatic heterocycles. The first-order chi connectivity index (χ1) is 13.2. The molecule has 27 heavy (non-hydrogen) atoms. The summed E-state index contributed by atoms with van der Waals surface area (Å²) < 4.78 is 0. The third kappa shape index (κ3) is 4.05. The second-order valence-corrected chi connectivity index (χ2v) is 7.22. The zero-order valence-corrected chi connectivity index (χ0v) is 16.7. The average molecular weight is 359 g/mol. The Bertz CT molecular complexity index is 808. The molecule has 3 atom stereocenters. The summed E-state index contributed by atoms with van der Waals surface area (Å²) in [5.41, 5.74) is 4.90. The molecule has 0 bridgehead atoms. The second kappa shape index (κ2) is 8.85. The van der Waals surface area contributed by atoms with E-state index in [-0.39, 0.29) is 12.0 Å². The Hall–Kier alpha value is -2.61. The fourth-order valence-electron chi connectivity index (χ4n) is 3.86. The molecule has 1 aromatic carbocycles. The van der Waals surface area contributed by atoms with Crippen molar-refractivity contribution in [2.75, 3.05) is 0 Å². The van der Waals surface area contributed by atoms with E-state index in [1.807, 2.05) is 13.0 Å². The van der Waals surface area contributed by atoms with Gasteiger partial charge in [-0.15, -0.1) is 6.58 Å². The fourth-order valence-corrected chi connectivity index (χ4v) is 3.86. The Labute approximate surface area is 164 Å². The van der Waals surface area contributed by atoms with Gasteiger partial charge in [-0.2, -0.15) is 5.10 Å². The van der Waals surface area contributed by atoms with E-state index in [0.29, 0.717) is 5.92 Å². The zero-order valence-electron chi connectivity index (χ0n) is 16.7. The zero-order chi connectivity index (χ0) is 19.2. The van der Waals surface area contributed by atoms with Crippen LogP contribution in [0.5, 0.6) is 0 Å². The maximum absolute atomic E-state index is 5.14. The monoisotopic (exact) mass is 358 g/mol. The van der Waals surface area contributed by atoms with Crippen molar-refractivity contribution < 1.29 is 0 Å². The molecule has 0 radical (unpaired) electrons. The van der Waals surface area contributed by atoms with Gasteiger partial charge in [0.05, 0.1) is 23.4 Å². The molecule has 0 saturated heterocycles. The summed E-state index contributed by atoms with van der Waals surface area (Å²) in [7, 11) is 0. The molecule has 0 saturated carbocycles. The SMILES string of the molecule is C=CC1C(c2ccccc2)C(/C(=C/C=C\C)CC)=NN1C1=CC(C)CC=C1. The Kier molecular flexibility index (Phi) is 6.28. The van der Waals surface area contributed by atoms with Crippen LogP contribution in [0.1, 0.15) is 45.1 Å². The van der Waals surface area contributed by atoms with Crippen molar-refractivity contribution in [3.63, 3.8) is 0 Å². The van der Waals surface area contributed by atoms with Gasteiger partial charge in [-0.3, -0.25) is 5.01 Å². The minimum absolute atomic E-state index is 0.115. The van der Waals surface area contributed by atoms with Crippen LogP contribution in [0.4, 0.5) is 0 Å². The smallest absolute Gasteiger partial charge is 0.0828 e. The highest BCUT2D eigenvalue weighted by Gasteiger charge is 2.38. The van der Waals surface area contributed by atoms with Crippen LogP contribution in [-0.4, -0.2) is 16.8 Å². The predicted octanol–water partition coefficient (Wildman–Crippen LogP) is 6.39. The Morgan fingerprint density at radius 2 is 2.07 bits per heavy atom. The first-order valence-corrected chi connectivity index (χ1v) is 9.95. The standard InChI is InChI=1S/C25H30N2/c1-5-8-14-20(6-2)25-24(21-15-10-9-11-16-21)23(7-3)27(26-25)22-17-12-13-19(4)18-22/h5,7-12,14-19,23-24H,3,6,13H2,1-2,4H3/b8-5-,20-14+. The summed E-state index contributed by atoms with van der Waals surface area (Å²) in [6, 6.07) is 10.8. The van der Waals surface area contributed by atoms with E-state index in [1.54, 1.807) is 0 Å². The van der Waals surface area contributed by atoms with Gasteiger partial charge in [0.2, 0.25) is 0 Å². The summed E-state index contributed by atoms with van der Waals surface area (Å²) >= 11 is 0. The molecule has 2 aliphatic rings. The maximum Gasteiger partial charge on any atom is 0.0828 e. The molecule has 2 heteroatoms. The number of allylic oxidation sites excluding steroid dienone is 7. The van der Waals surface area contributed by atoms with Crippen molar-refractivity contribution in [2.24, 2.45) is 11.0 Å². The Morgan fingerprint density at radius 3 is 2.70 bits per heavy atom. The van der Waals surface area contributed by atoms with E-state index < -0.39 is 0 Å². The van der Waals surface area contributed by atoms with Crippen LogP contribution in [0.2, 0.25) is 0 Å². The predicted molar refractivity (Wildman–Crippen MR) is 117 cm³/mol. The number of hydrazone groups is 1. The van der Waals surface area contributed by atoms with Gasteiger partial charge < -0.3 is 0 Å². The minimum Gasteiger partial charge on any atom is -0.258 e. The third-order valence-electron chi connectivity index (χ3n) is 5.25. The van der Waals surface area contributed by atoms with Crippen LogP contribution in [0.15, 0.2) is 95.8 Å². The third-order valence-corrected chi connectivity index (χ3v) is 5.25. The Morgan fingerprint density at radius 1 is 1.30 bits per heavy atom. The van der Waals surface area contributed by atoms with E-state index in [0.717, 1.165) is 18.6 Å². The topological polar surface area (TPSA) is 15.6 Å². The average Bonchev–Trinajstić information content (AvgIpc) is 3.09. The van der Waals surface area contributed by atoms with E-state index in [2.05, 4.69) is 92.2 Å². The molecule has 1 aliphatic carbocycles. The van der Waals surface area contributed by atoms with E-state index in [4.69, 9.17) is 5.10 Å². The van der Waals surface area contributed by atoms with Gasteiger partial charge in [-0.05, 0) is 42.9 Å². The number of hydrogen-bond donors (Lipinski definition) is 0. The van der Waals surface area contributed by atoms with Crippen molar-refractivity contribution in [3.05, 3.63) is 96.3 Å². The highest BCUT2D eigenvalue weighted by atomic mass is 15.5. The molecule has 0 amide bonds. The van der Waals surface area contributed by atoms with Crippen molar-refractivity contribution in [1.82, 2.24) is 5.01 Å². The molecule has 2 nitrogen and oxygen atoms in total. The van der Waals surface area contributed by atoms with Crippen LogP contribution in [-0.2, 0) is 0 Å². The van der Waals surface area contributed by atoms with Gasteiger partial charge >= 0.3 is 0 Å². The lowest BCUT2D eigenvalue weighted by atomic mass is 9.84. The van der Waals surface area contributed by atoms with Gasteiger partial charge in [0, 0.05) is 0 Å². The first-order valence-electron chi connectivity index (χ1n) is 9.95. The quantitative estimate of drug-likeness (QED) is 0.425. The van der Waals surface area contributed by atoms with Crippen LogP contribution in [0.25, 0.3) is 0 Å². The highest BCUT2D eigenvalue weighted by Crippen LogP contribution is 2.38. The summed E-state index contributed by atoms with van der Waals surface area (Å²) in [5, 5.41) is 7.31. The fraction of sp³-hybridized carbons (Fsp3) is 0.320.